The molecule has 1 N–H and O–H groups in total. The molecule has 31 heavy (non-hydrogen) atoms. The number of hydrogen-bond acceptors (Lipinski definition) is 5. The Kier molecular flexibility index (Phi) is 7.33. The molecule has 1 fully saturated rings. The maximum absolute atomic E-state index is 13.9. The lowest BCUT2D eigenvalue weighted by molar-refractivity contribution is 0.0679. The van der Waals surface area contributed by atoms with Crippen molar-refractivity contribution in [2.75, 3.05) is 41.0 Å². The van der Waals surface area contributed by atoms with Crippen LogP contribution in [0.5, 0.6) is 17.2 Å². The minimum atomic E-state index is -0.509. The highest BCUT2D eigenvalue weighted by molar-refractivity contribution is 5.98. The van der Waals surface area contributed by atoms with E-state index in [2.05, 4.69) is 5.32 Å². The minimum absolute atomic E-state index is 0.0924. The van der Waals surface area contributed by atoms with Gasteiger partial charge in [0, 0.05) is 19.6 Å². The van der Waals surface area contributed by atoms with Crippen molar-refractivity contribution in [3.05, 3.63) is 53.3 Å². The third-order valence-corrected chi connectivity index (χ3v) is 5.51. The lowest BCUT2D eigenvalue weighted by Gasteiger charge is -2.32. The summed E-state index contributed by atoms with van der Waals surface area (Å²) < 4.78 is 29.8. The van der Waals surface area contributed by atoms with Gasteiger partial charge in [0.05, 0.1) is 32.5 Å². The first-order valence-corrected chi connectivity index (χ1v) is 10.1. The zero-order valence-electron chi connectivity index (χ0n) is 17.9. The van der Waals surface area contributed by atoms with E-state index in [9.17, 15) is 14.0 Å². The number of nitrogens with zero attached hydrogens (tertiary/aromatic N) is 1. The minimum Gasteiger partial charge on any atom is -0.493 e. The molecule has 0 spiro atoms. The Bertz CT molecular complexity index is 942. The van der Waals surface area contributed by atoms with Crippen LogP contribution in [0.3, 0.4) is 0 Å². The molecule has 1 aliphatic rings. The molecule has 0 aliphatic carbocycles. The number of piperidine rings is 1. The molecule has 0 unspecified atom stereocenters. The van der Waals surface area contributed by atoms with Crippen molar-refractivity contribution in [3.8, 4) is 17.2 Å². The van der Waals surface area contributed by atoms with Crippen LogP contribution in [-0.4, -0.2) is 57.7 Å². The van der Waals surface area contributed by atoms with Crippen LogP contribution in [0.25, 0.3) is 0 Å². The van der Waals surface area contributed by atoms with E-state index in [4.69, 9.17) is 14.2 Å². The summed E-state index contributed by atoms with van der Waals surface area (Å²) in [6, 6.07) is 9.29. The molecule has 0 bridgehead atoms. The highest BCUT2D eigenvalue weighted by Gasteiger charge is 2.26. The van der Waals surface area contributed by atoms with E-state index >= 15 is 0 Å². The van der Waals surface area contributed by atoms with Gasteiger partial charge in [-0.1, -0.05) is 12.1 Å². The first-order valence-electron chi connectivity index (χ1n) is 10.1. The second kappa shape index (κ2) is 10.1. The average molecular weight is 430 g/mol. The van der Waals surface area contributed by atoms with Gasteiger partial charge in [0.2, 0.25) is 5.75 Å². The van der Waals surface area contributed by atoms with Crippen LogP contribution in [0.15, 0.2) is 36.4 Å². The van der Waals surface area contributed by atoms with E-state index in [1.165, 1.54) is 33.5 Å². The number of amides is 2. The Labute approximate surface area is 181 Å². The number of carbonyl (C=O) groups excluding carboxylic acids is 2. The Morgan fingerprint density at radius 1 is 0.968 bits per heavy atom. The molecule has 3 rings (SSSR count). The van der Waals surface area contributed by atoms with Crippen molar-refractivity contribution >= 4 is 11.8 Å². The lowest BCUT2D eigenvalue weighted by Crippen LogP contribution is -2.41. The van der Waals surface area contributed by atoms with Crippen LogP contribution in [0, 0.1) is 11.7 Å². The van der Waals surface area contributed by atoms with Gasteiger partial charge in [0.1, 0.15) is 5.82 Å². The van der Waals surface area contributed by atoms with Gasteiger partial charge in [0.25, 0.3) is 11.8 Å². The fraction of sp³-hybridized carbons (Fsp3) is 0.391. The number of likely N-dealkylation sites (tertiary alicyclic amines) is 1. The molecule has 2 aromatic carbocycles. The second-order valence-electron chi connectivity index (χ2n) is 7.31. The van der Waals surface area contributed by atoms with Crippen molar-refractivity contribution < 1.29 is 28.2 Å². The summed E-state index contributed by atoms with van der Waals surface area (Å²) >= 11 is 0. The Hall–Kier alpha value is -3.29. The second-order valence-corrected chi connectivity index (χ2v) is 7.31. The topological polar surface area (TPSA) is 77.1 Å². The number of methoxy groups -OCH3 is 3. The molecule has 1 saturated heterocycles. The number of benzene rings is 2. The molecule has 166 valence electrons. The number of rotatable bonds is 7. The van der Waals surface area contributed by atoms with Gasteiger partial charge in [-0.2, -0.15) is 0 Å². The van der Waals surface area contributed by atoms with Gasteiger partial charge >= 0.3 is 0 Å². The van der Waals surface area contributed by atoms with Crippen LogP contribution in [0.1, 0.15) is 33.6 Å². The molecular weight excluding hydrogens is 403 g/mol. The number of hydrogen-bond donors (Lipinski definition) is 1. The van der Waals surface area contributed by atoms with Gasteiger partial charge < -0.3 is 24.4 Å². The van der Waals surface area contributed by atoms with E-state index in [1.54, 1.807) is 29.2 Å². The standard InChI is InChI=1S/C23H27FN2O5/c1-29-19-9-8-17(20(30-2)21(19)31-3)22(27)25-14-15-10-12-26(13-11-15)23(28)16-6-4-5-7-18(16)24/h4-9,15H,10-14H2,1-3H3,(H,25,27). The molecule has 8 heteroatoms. The quantitative estimate of drug-likeness (QED) is 0.730. The monoisotopic (exact) mass is 430 g/mol. The maximum atomic E-state index is 13.9. The number of carbonyl (C=O) groups is 2. The summed E-state index contributed by atoms with van der Waals surface area (Å²) in [5.74, 6) is 0.286. The van der Waals surface area contributed by atoms with Crippen LogP contribution in [-0.2, 0) is 0 Å². The van der Waals surface area contributed by atoms with E-state index in [-0.39, 0.29) is 23.3 Å². The fourth-order valence-electron chi connectivity index (χ4n) is 3.76. The van der Waals surface area contributed by atoms with Gasteiger partial charge in [-0.25, -0.2) is 4.39 Å². The van der Waals surface area contributed by atoms with E-state index in [0.717, 1.165) is 12.8 Å². The molecule has 0 saturated carbocycles. The molecule has 0 atom stereocenters. The molecular formula is C23H27FN2O5. The van der Waals surface area contributed by atoms with E-state index in [1.807, 2.05) is 0 Å². The van der Waals surface area contributed by atoms with Crippen LogP contribution >= 0.6 is 0 Å². The predicted octanol–water partition coefficient (Wildman–Crippen LogP) is 3.13. The summed E-state index contributed by atoms with van der Waals surface area (Å²) in [5.41, 5.74) is 0.446. The van der Waals surface area contributed by atoms with E-state index < -0.39 is 5.82 Å². The SMILES string of the molecule is COc1ccc(C(=O)NCC2CCN(C(=O)c3ccccc3F)CC2)c(OC)c1OC. The van der Waals surface area contributed by atoms with Crippen molar-refractivity contribution in [1.82, 2.24) is 10.2 Å². The van der Waals surface area contributed by atoms with Crippen molar-refractivity contribution in [3.63, 3.8) is 0 Å². The number of halogens is 1. The third kappa shape index (κ3) is 4.90. The molecule has 2 aromatic rings. The summed E-state index contributed by atoms with van der Waals surface area (Å²) in [6.07, 6.45) is 1.45. The summed E-state index contributed by atoms with van der Waals surface area (Å²) in [4.78, 5) is 26.9. The van der Waals surface area contributed by atoms with Crippen molar-refractivity contribution in [2.45, 2.75) is 12.8 Å². The molecule has 1 heterocycles. The smallest absolute Gasteiger partial charge is 0.256 e. The maximum Gasteiger partial charge on any atom is 0.256 e. The predicted molar refractivity (Wildman–Crippen MR) is 113 cm³/mol. The first kappa shape index (κ1) is 22.4. The van der Waals surface area contributed by atoms with E-state index in [0.29, 0.717) is 42.4 Å². The number of ether oxygens (including phenoxy) is 3. The van der Waals surface area contributed by atoms with Gasteiger partial charge in [-0.3, -0.25) is 9.59 Å². The Morgan fingerprint density at radius 3 is 2.26 bits per heavy atom. The molecule has 0 radical (unpaired) electrons. The van der Waals surface area contributed by atoms with Crippen molar-refractivity contribution in [2.24, 2.45) is 5.92 Å². The van der Waals surface area contributed by atoms with Crippen LogP contribution < -0.4 is 19.5 Å². The lowest BCUT2D eigenvalue weighted by atomic mass is 9.96. The Morgan fingerprint density at radius 2 is 1.65 bits per heavy atom. The normalized spacial score (nSPS) is 14.1. The molecule has 7 nitrogen and oxygen atoms in total. The Balaban J connectivity index is 1.57. The van der Waals surface area contributed by atoms with Gasteiger partial charge in [0.15, 0.2) is 11.5 Å². The molecule has 2 amide bonds. The summed E-state index contributed by atoms with van der Waals surface area (Å²) in [7, 11) is 4.47. The summed E-state index contributed by atoms with van der Waals surface area (Å²) in [6.45, 7) is 1.51. The first-order chi connectivity index (χ1) is 15.0. The highest BCUT2D eigenvalue weighted by Crippen LogP contribution is 2.39. The summed E-state index contributed by atoms with van der Waals surface area (Å²) in [5, 5.41) is 2.94. The highest BCUT2D eigenvalue weighted by atomic mass is 19.1. The number of nitrogens with one attached hydrogen (secondary N) is 1. The zero-order chi connectivity index (χ0) is 22.4. The molecule has 0 aromatic heterocycles. The third-order valence-electron chi connectivity index (χ3n) is 5.51. The van der Waals surface area contributed by atoms with Gasteiger partial charge in [-0.05, 0) is 43.0 Å². The molecule has 1 aliphatic heterocycles. The largest absolute Gasteiger partial charge is 0.493 e. The van der Waals surface area contributed by atoms with Crippen molar-refractivity contribution in [1.29, 1.82) is 0 Å². The average Bonchev–Trinajstić information content (AvgIpc) is 2.81. The van der Waals surface area contributed by atoms with Gasteiger partial charge in [-0.15, -0.1) is 0 Å². The van der Waals surface area contributed by atoms with Crippen LogP contribution in [0.4, 0.5) is 4.39 Å². The van der Waals surface area contributed by atoms with Crippen LogP contribution in [0.2, 0.25) is 0 Å². The fourth-order valence-corrected chi connectivity index (χ4v) is 3.76. The zero-order valence-corrected chi connectivity index (χ0v) is 17.9.